The summed E-state index contributed by atoms with van der Waals surface area (Å²) in [5.74, 6) is 1.04. The lowest BCUT2D eigenvalue weighted by Gasteiger charge is -2.14. The van der Waals surface area contributed by atoms with Gasteiger partial charge in [-0.1, -0.05) is 23.5 Å². The number of hydrogen-bond acceptors (Lipinski definition) is 6. The second-order valence-electron chi connectivity index (χ2n) is 6.88. The fraction of sp³-hybridized carbons (Fsp3) is 0.412. The third-order valence-corrected chi connectivity index (χ3v) is 6.08. The topological polar surface area (TPSA) is 54.7 Å². The number of imidazole rings is 1. The molecule has 0 amide bonds. The standard InChI is InChI=1S/C17H16F3N5OS/c18-17(19,20)26-13-3-1-2-10(4-13)14-7-22-15-25(14)23-16(27-15)24-8-11-5-21-6-12(11)9-24/h1-4,7,11-12,21H,5-6,8-9H2. The van der Waals surface area contributed by atoms with Crippen molar-refractivity contribution in [3.05, 3.63) is 30.5 Å². The number of halogens is 3. The van der Waals surface area contributed by atoms with Crippen LogP contribution in [0.15, 0.2) is 30.5 Å². The van der Waals surface area contributed by atoms with Crippen LogP contribution in [0.3, 0.4) is 0 Å². The van der Waals surface area contributed by atoms with Gasteiger partial charge in [-0.2, -0.15) is 0 Å². The number of fused-ring (bicyclic) bond motifs is 2. The molecule has 2 aliphatic rings. The van der Waals surface area contributed by atoms with Crippen LogP contribution in [-0.2, 0) is 0 Å². The number of aromatic nitrogens is 3. The molecular formula is C17H16F3N5OS. The SMILES string of the molecule is FC(F)(F)Oc1cccc(-c2cnc3sc(N4CC5CNCC5C4)nn23)c1. The summed E-state index contributed by atoms with van der Waals surface area (Å²) in [5.41, 5.74) is 1.21. The number of ether oxygens (including phenoxy) is 1. The molecule has 6 nitrogen and oxygen atoms in total. The van der Waals surface area contributed by atoms with E-state index in [4.69, 9.17) is 0 Å². The molecule has 0 bridgehead atoms. The molecule has 2 unspecified atom stereocenters. The average molecular weight is 395 g/mol. The van der Waals surface area contributed by atoms with E-state index in [9.17, 15) is 13.2 Å². The molecule has 0 saturated carbocycles. The summed E-state index contributed by atoms with van der Waals surface area (Å²) in [5, 5.41) is 8.99. The zero-order valence-corrected chi connectivity index (χ0v) is 14.9. The Morgan fingerprint density at radius 3 is 2.70 bits per heavy atom. The van der Waals surface area contributed by atoms with Crippen molar-refractivity contribution >= 4 is 21.4 Å². The zero-order valence-electron chi connectivity index (χ0n) is 14.1. The van der Waals surface area contributed by atoms with Crippen LogP contribution in [-0.4, -0.2) is 47.1 Å². The number of benzene rings is 1. The van der Waals surface area contributed by atoms with E-state index in [-0.39, 0.29) is 5.75 Å². The smallest absolute Gasteiger partial charge is 0.406 e. The first-order valence-electron chi connectivity index (χ1n) is 8.63. The minimum absolute atomic E-state index is 0.259. The second-order valence-corrected chi connectivity index (χ2v) is 7.82. The van der Waals surface area contributed by atoms with E-state index in [1.807, 2.05) is 0 Å². The first-order chi connectivity index (χ1) is 13.0. The fourth-order valence-electron chi connectivity index (χ4n) is 3.87. The van der Waals surface area contributed by atoms with Crippen LogP contribution in [0.2, 0.25) is 0 Å². The molecule has 0 spiro atoms. The fourth-order valence-corrected chi connectivity index (χ4v) is 4.77. The maximum atomic E-state index is 12.5. The van der Waals surface area contributed by atoms with Crippen LogP contribution in [0.25, 0.3) is 16.2 Å². The van der Waals surface area contributed by atoms with Gasteiger partial charge in [0.2, 0.25) is 10.1 Å². The molecule has 0 aliphatic carbocycles. The number of anilines is 1. The first kappa shape index (κ1) is 16.8. The summed E-state index contributed by atoms with van der Waals surface area (Å²) in [6, 6.07) is 5.87. The van der Waals surface area contributed by atoms with Crippen LogP contribution in [0.4, 0.5) is 18.3 Å². The lowest BCUT2D eigenvalue weighted by atomic mass is 10.0. The number of alkyl halides is 3. The molecule has 1 aromatic carbocycles. The molecule has 10 heteroatoms. The van der Waals surface area contributed by atoms with Crippen molar-refractivity contribution in [3.63, 3.8) is 0 Å². The number of rotatable bonds is 3. The summed E-state index contributed by atoms with van der Waals surface area (Å²) in [7, 11) is 0. The molecule has 4 heterocycles. The van der Waals surface area contributed by atoms with Gasteiger partial charge in [-0.3, -0.25) is 0 Å². The highest BCUT2D eigenvalue weighted by molar-refractivity contribution is 7.20. The monoisotopic (exact) mass is 395 g/mol. The summed E-state index contributed by atoms with van der Waals surface area (Å²) in [6.07, 6.45) is -3.10. The van der Waals surface area contributed by atoms with Gasteiger partial charge in [0.15, 0.2) is 0 Å². The van der Waals surface area contributed by atoms with Crippen molar-refractivity contribution in [2.75, 3.05) is 31.1 Å². The minimum Gasteiger partial charge on any atom is -0.406 e. The second kappa shape index (κ2) is 6.10. The van der Waals surface area contributed by atoms with Gasteiger partial charge in [-0.25, -0.2) is 9.50 Å². The Morgan fingerprint density at radius 2 is 1.96 bits per heavy atom. The quantitative estimate of drug-likeness (QED) is 0.739. The average Bonchev–Trinajstić information content (AvgIpc) is 3.32. The maximum Gasteiger partial charge on any atom is 0.573 e. The lowest BCUT2D eigenvalue weighted by molar-refractivity contribution is -0.274. The Labute approximate surface area is 156 Å². The van der Waals surface area contributed by atoms with Gasteiger partial charge >= 0.3 is 6.36 Å². The molecular weight excluding hydrogens is 379 g/mol. The van der Waals surface area contributed by atoms with Crippen LogP contribution in [0, 0.1) is 11.8 Å². The molecule has 1 N–H and O–H groups in total. The highest BCUT2D eigenvalue weighted by Crippen LogP contribution is 2.35. The van der Waals surface area contributed by atoms with E-state index in [1.165, 1.54) is 29.5 Å². The highest BCUT2D eigenvalue weighted by Gasteiger charge is 2.37. The predicted octanol–water partition coefficient (Wildman–Crippen LogP) is 3.01. The number of hydrogen-bond donors (Lipinski definition) is 1. The summed E-state index contributed by atoms with van der Waals surface area (Å²) < 4.78 is 43.2. The Bertz CT molecular complexity index is 973. The number of nitrogens with zero attached hydrogens (tertiary/aromatic N) is 4. The van der Waals surface area contributed by atoms with Crippen molar-refractivity contribution < 1.29 is 17.9 Å². The van der Waals surface area contributed by atoms with E-state index < -0.39 is 6.36 Å². The molecule has 5 rings (SSSR count). The predicted molar refractivity (Wildman–Crippen MR) is 95.0 cm³/mol. The van der Waals surface area contributed by atoms with E-state index in [1.54, 1.807) is 16.8 Å². The molecule has 2 saturated heterocycles. The van der Waals surface area contributed by atoms with Crippen LogP contribution >= 0.6 is 11.3 Å². The zero-order chi connectivity index (χ0) is 18.6. The lowest BCUT2D eigenvalue weighted by Crippen LogP contribution is -2.25. The van der Waals surface area contributed by atoms with Gasteiger partial charge in [0, 0.05) is 31.7 Å². The van der Waals surface area contributed by atoms with Crippen LogP contribution in [0.5, 0.6) is 5.75 Å². The number of nitrogens with one attached hydrogen (secondary N) is 1. The highest BCUT2D eigenvalue weighted by atomic mass is 32.1. The van der Waals surface area contributed by atoms with Gasteiger partial charge in [0.1, 0.15) is 5.75 Å². The molecule has 2 aliphatic heterocycles. The summed E-state index contributed by atoms with van der Waals surface area (Å²) >= 11 is 1.50. The van der Waals surface area contributed by atoms with E-state index >= 15 is 0 Å². The first-order valence-corrected chi connectivity index (χ1v) is 9.44. The Morgan fingerprint density at radius 1 is 1.19 bits per heavy atom. The molecule has 2 fully saturated rings. The summed E-state index contributed by atoms with van der Waals surface area (Å²) in [4.78, 5) is 7.38. The normalized spacial score (nSPS) is 22.6. The maximum absolute atomic E-state index is 12.5. The minimum atomic E-state index is -4.72. The third kappa shape index (κ3) is 3.12. The van der Waals surface area contributed by atoms with Gasteiger partial charge in [0.25, 0.3) is 0 Å². The molecule has 3 aromatic rings. The van der Waals surface area contributed by atoms with E-state index in [0.717, 1.165) is 36.3 Å². The largest absolute Gasteiger partial charge is 0.573 e. The van der Waals surface area contributed by atoms with Crippen molar-refractivity contribution in [3.8, 4) is 17.0 Å². The summed E-state index contributed by atoms with van der Waals surface area (Å²) in [6.45, 7) is 4.03. The Hall–Kier alpha value is -2.33. The van der Waals surface area contributed by atoms with Crippen molar-refractivity contribution in [1.29, 1.82) is 0 Å². The van der Waals surface area contributed by atoms with E-state index in [0.29, 0.717) is 23.1 Å². The van der Waals surface area contributed by atoms with Gasteiger partial charge in [-0.15, -0.1) is 18.3 Å². The van der Waals surface area contributed by atoms with Crippen LogP contribution < -0.4 is 15.0 Å². The van der Waals surface area contributed by atoms with Crippen molar-refractivity contribution in [2.24, 2.45) is 11.8 Å². The van der Waals surface area contributed by atoms with Gasteiger partial charge in [0.05, 0.1) is 11.9 Å². The molecule has 2 aromatic heterocycles. The molecule has 27 heavy (non-hydrogen) atoms. The Kier molecular flexibility index (Phi) is 3.80. The third-order valence-electron chi connectivity index (χ3n) is 5.10. The molecule has 2 atom stereocenters. The van der Waals surface area contributed by atoms with E-state index in [2.05, 4.69) is 25.0 Å². The molecule has 142 valence electrons. The van der Waals surface area contributed by atoms with Gasteiger partial charge < -0.3 is 15.0 Å². The van der Waals surface area contributed by atoms with Crippen molar-refractivity contribution in [1.82, 2.24) is 19.9 Å². The van der Waals surface area contributed by atoms with Crippen LogP contribution in [0.1, 0.15) is 0 Å². The molecule has 0 radical (unpaired) electrons. The Balaban J connectivity index is 1.45. The van der Waals surface area contributed by atoms with Crippen molar-refractivity contribution in [2.45, 2.75) is 6.36 Å². The van der Waals surface area contributed by atoms with Gasteiger partial charge in [-0.05, 0) is 24.0 Å².